The summed E-state index contributed by atoms with van der Waals surface area (Å²) in [6.45, 7) is 0.414. The minimum atomic E-state index is -0.577. The summed E-state index contributed by atoms with van der Waals surface area (Å²) in [5, 5.41) is 0.680. The van der Waals surface area contributed by atoms with Crippen molar-refractivity contribution in [2.24, 2.45) is 4.99 Å². The zero-order valence-corrected chi connectivity index (χ0v) is 20.8. The van der Waals surface area contributed by atoms with E-state index >= 15 is 0 Å². The van der Waals surface area contributed by atoms with E-state index in [0.717, 1.165) is 24.0 Å². The Labute approximate surface area is 210 Å². The molecule has 0 unspecified atom stereocenters. The van der Waals surface area contributed by atoms with Crippen molar-refractivity contribution in [2.75, 3.05) is 0 Å². The molecule has 31 heavy (non-hydrogen) atoms. The molecular weight excluding hydrogens is 647 g/mol. The molecule has 0 spiro atoms. The van der Waals surface area contributed by atoms with Gasteiger partial charge < -0.3 is 9.47 Å². The summed E-state index contributed by atoms with van der Waals surface area (Å²) in [6.07, 6.45) is 1.64. The van der Waals surface area contributed by atoms with Crippen molar-refractivity contribution in [3.05, 3.63) is 101 Å². The summed E-state index contributed by atoms with van der Waals surface area (Å²) < 4.78 is 26.4. The van der Waals surface area contributed by atoms with Gasteiger partial charge in [-0.3, -0.25) is 0 Å². The lowest BCUT2D eigenvalue weighted by molar-refractivity contribution is -0.129. The summed E-state index contributed by atoms with van der Waals surface area (Å²) in [4.78, 5) is 16.5. The molecule has 1 heterocycles. The minimum Gasteiger partial charge on any atom is -0.487 e. The lowest BCUT2D eigenvalue weighted by Crippen LogP contribution is -2.05. The van der Waals surface area contributed by atoms with E-state index in [4.69, 9.17) is 21.1 Å². The highest BCUT2D eigenvalue weighted by atomic mass is 127. The standard InChI is InChI=1S/C23H13ClFI2NO3/c24-16-6-4-13(5-7-16)12-30-21-18(26)8-14(9-19(21)27)10-20-23(29)31-22(28-20)15-2-1-3-17(25)11-15/h1-11H,12H2/b20-10-. The first-order valence-corrected chi connectivity index (χ1v) is 11.6. The Bertz CT molecular complexity index is 1200. The molecule has 0 atom stereocenters. The third kappa shape index (κ3) is 5.45. The molecule has 156 valence electrons. The van der Waals surface area contributed by atoms with E-state index in [-0.39, 0.29) is 11.6 Å². The Morgan fingerprint density at radius 3 is 2.45 bits per heavy atom. The molecule has 0 amide bonds. The Kier molecular flexibility index (Phi) is 6.92. The van der Waals surface area contributed by atoms with Crippen molar-refractivity contribution in [3.8, 4) is 5.75 Å². The average Bonchev–Trinajstić information content (AvgIpc) is 3.09. The maximum Gasteiger partial charge on any atom is 0.363 e. The molecule has 0 N–H and O–H groups in total. The molecule has 3 aromatic carbocycles. The molecule has 0 bridgehead atoms. The molecular formula is C23H13ClFI2NO3. The second-order valence-corrected chi connectivity index (χ2v) is 9.34. The fraction of sp³-hybridized carbons (Fsp3) is 0.0435. The molecule has 0 aliphatic carbocycles. The minimum absolute atomic E-state index is 0.0862. The topological polar surface area (TPSA) is 47.9 Å². The number of hydrogen-bond acceptors (Lipinski definition) is 4. The van der Waals surface area contributed by atoms with Crippen molar-refractivity contribution >= 4 is 74.7 Å². The second kappa shape index (κ2) is 9.66. The molecule has 0 aromatic heterocycles. The van der Waals surface area contributed by atoms with Gasteiger partial charge in [0.05, 0.1) is 7.14 Å². The number of cyclic esters (lactones) is 1. The molecule has 0 saturated carbocycles. The molecule has 0 fully saturated rings. The Morgan fingerprint density at radius 2 is 1.77 bits per heavy atom. The zero-order valence-electron chi connectivity index (χ0n) is 15.7. The van der Waals surface area contributed by atoms with Crippen molar-refractivity contribution < 1.29 is 18.7 Å². The van der Waals surface area contributed by atoms with Crippen molar-refractivity contribution in [1.29, 1.82) is 0 Å². The quantitative estimate of drug-likeness (QED) is 0.176. The lowest BCUT2D eigenvalue weighted by Gasteiger charge is -2.11. The summed E-state index contributed by atoms with van der Waals surface area (Å²) in [6, 6.07) is 17.0. The van der Waals surface area contributed by atoms with Crippen LogP contribution in [0, 0.1) is 13.0 Å². The average molecular weight is 660 g/mol. The molecule has 4 nitrogen and oxygen atoms in total. The van der Waals surface area contributed by atoms with Gasteiger partial charge in [-0.25, -0.2) is 14.2 Å². The first-order chi connectivity index (χ1) is 14.9. The third-order valence-corrected chi connectivity index (χ3v) is 6.17. The van der Waals surface area contributed by atoms with Gasteiger partial charge in [-0.1, -0.05) is 29.8 Å². The number of hydrogen-bond donors (Lipinski definition) is 0. The van der Waals surface area contributed by atoms with Gasteiger partial charge in [0.1, 0.15) is 18.2 Å². The number of carbonyl (C=O) groups excluding carboxylic acids is 1. The largest absolute Gasteiger partial charge is 0.487 e. The third-order valence-electron chi connectivity index (χ3n) is 4.31. The van der Waals surface area contributed by atoms with Gasteiger partial charge in [-0.15, -0.1) is 0 Å². The van der Waals surface area contributed by atoms with Gasteiger partial charge in [0, 0.05) is 10.6 Å². The summed E-state index contributed by atoms with van der Waals surface area (Å²) in [7, 11) is 0. The molecule has 3 aromatic rings. The molecule has 0 saturated heterocycles. The first kappa shape index (κ1) is 22.2. The summed E-state index contributed by atoms with van der Waals surface area (Å²) >= 11 is 10.3. The highest BCUT2D eigenvalue weighted by Gasteiger charge is 2.24. The van der Waals surface area contributed by atoms with Gasteiger partial charge in [0.25, 0.3) is 0 Å². The van der Waals surface area contributed by atoms with E-state index in [1.807, 2.05) is 36.4 Å². The fourth-order valence-corrected chi connectivity index (χ4v) is 5.10. The lowest BCUT2D eigenvalue weighted by atomic mass is 10.2. The molecule has 1 aliphatic heterocycles. The van der Waals surface area contributed by atoms with E-state index in [2.05, 4.69) is 50.2 Å². The predicted molar refractivity (Wildman–Crippen MR) is 135 cm³/mol. The van der Waals surface area contributed by atoms with Crippen LogP contribution in [0.4, 0.5) is 4.39 Å². The number of carbonyl (C=O) groups is 1. The second-order valence-electron chi connectivity index (χ2n) is 6.58. The van der Waals surface area contributed by atoms with Crippen molar-refractivity contribution in [3.63, 3.8) is 0 Å². The normalized spacial score (nSPS) is 14.5. The summed E-state index contributed by atoms with van der Waals surface area (Å²) in [5.41, 5.74) is 2.35. The van der Waals surface area contributed by atoms with E-state index in [1.54, 1.807) is 12.1 Å². The zero-order chi connectivity index (χ0) is 22.0. The molecule has 4 rings (SSSR count). The van der Waals surface area contributed by atoms with E-state index in [9.17, 15) is 9.18 Å². The van der Waals surface area contributed by atoms with Crippen LogP contribution in [0.25, 0.3) is 6.08 Å². The maximum absolute atomic E-state index is 13.4. The molecule has 8 heteroatoms. The number of benzene rings is 3. The van der Waals surface area contributed by atoms with Crippen LogP contribution in [0.1, 0.15) is 16.7 Å². The predicted octanol–water partition coefficient (Wildman–Crippen LogP) is 6.61. The molecule has 1 aliphatic rings. The first-order valence-electron chi connectivity index (χ1n) is 9.04. The number of rotatable bonds is 5. The highest BCUT2D eigenvalue weighted by Crippen LogP contribution is 2.31. The van der Waals surface area contributed by atoms with Gasteiger partial charge in [0.15, 0.2) is 5.70 Å². The number of ether oxygens (including phenoxy) is 2. The number of halogens is 4. The summed E-state index contributed by atoms with van der Waals surface area (Å²) in [5.74, 6) is -0.154. The Hall–Kier alpha value is -1.98. The number of aliphatic imine (C=N–C) groups is 1. The van der Waals surface area contributed by atoms with Crippen molar-refractivity contribution in [2.45, 2.75) is 6.61 Å². The Morgan fingerprint density at radius 1 is 1.06 bits per heavy atom. The Balaban J connectivity index is 1.55. The molecule has 0 radical (unpaired) electrons. The van der Waals surface area contributed by atoms with Crippen LogP contribution >= 0.6 is 56.8 Å². The van der Waals surface area contributed by atoms with Crippen LogP contribution in [-0.2, 0) is 16.1 Å². The van der Waals surface area contributed by atoms with Crippen LogP contribution in [0.15, 0.2) is 71.4 Å². The van der Waals surface area contributed by atoms with Gasteiger partial charge in [-0.05, 0) is 105 Å². The van der Waals surface area contributed by atoms with Crippen LogP contribution < -0.4 is 4.74 Å². The van der Waals surface area contributed by atoms with Crippen LogP contribution in [0.5, 0.6) is 5.75 Å². The van der Waals surface area contributed by atoms with Crippen molar-refractivity contribution in [1.82, 2.24) is 0 Å². The number of nitrogens with zero attached hydrogens (tertiary/aromatic N) is 1. The van der Waals surface area contributed by atoms with Crippen LogP contribution in [-0.4, -0.2) is 11.9 Å². The maximum atomic E-state index is 13.4. The van der Waals surface area contributed by atoms with Gasteiger partial charge in [0.2, 0.25) is 5.90 Å². The van der Waals surface area contributed by atoms with Gasteiger partial charge >= 0.3 is 5.97 Å². The van der Waals surface area contributed by atoms with E-state index in [0.29, 0.717) is 17.2 Å². The van der Waals surface area contributed by atoms with E-state index in [1.165, 1.54) is 18.2 Å². The number of esters is 1. The van der Waals surface area contributed by atoms with Gasteiger partial charge in [-0.2, -0.15) is 0 Å². The van der Waals surface area contributed by atoms with E-state index < -0.39 is 11.8 Å². The smallest absolute Gasteiger partial charge is 0.363 e. The SMILES string of the molecule is O=C1OC(c2cccc(F)c2)=N/C1=C\c1cc(I)c(OCc2ccc(Cl)cc2)c(I)c1. The highest BCUT2D eigenvalue weighted by molar-refractivity contribution is 14.1. The fourth-order valence-electron chi connectivity index (χ4n) is 2.85. The monoisotopic (exact) mass is 659 g/mol. The van der Waals surface area contributed by atoms with Crippen LogP contribution in [0.2, 0.25) is 5.02 Å². The van der Waals surface area contributed by atoms with Crippen LogP contribution in [0.3, 0.4) is 0 Å².